The average Bonchev–Trinajstić information content (AvgIpc) is 2.73. The van der Waals surface area contributed by atoms with Crippen molar-refractivity contribution in [2.24, 2.45) is 0 Å². The normalized spacial score (nSPS) is 13.8. The van der Waals surface area contributed by atoms with Crippen LogP contribution in [-0.2, 0) is 19.2 Å². The summed E-state index contributed by atoms with van der Waals surface area (Å²) in [6, 6.07) is 0. The van der Waals surface area contributed by atoms with Crippen LogP contribution in [0, 0.1) is 0 Å². The fraction of sp³-hybridized carbons (Fsp3) is 0.714. The number of hydroxylamine groups is 2. The highest BCUT2D eigenvalue weighted by atomic mass is 16.5. The number of carboxylic acid groups (broad SMARTS) is 2. The van der Waals surface area contributed by atoms with Gasteiger partial charge < -0.3 is 10.2 Å². The van der Waals surface area contributed by atoms with Crippen LogP contribution in [0.2, 0.25) is 0 Å². The molecular weight excluding hydrogens is 294 g/mol. The molecule has 0 spiro atoms. The standard InChI is InChI=1S/C10H18O4.C4H5NO3/c11-9(12)7-5-3-1-2-4-6-8-10(13)14;6-3-1-2-4(7)5(3)8/h1-8H2,(H,11,12)(H,13,14);8H,1-2H2. The van der Waals surface area contributed by atoms with Crippen molar-refractivity contribution in [3.05, 3.63) is 0 Å². The third-order valence-electron chi connectivity index (χ3n) is 3.06. The number of imide groups is 1. The van der Waals surface area contributed by atoms with Crippen LogP contribution in [0.3, 0.4) is 0 Å². The van der Waals surface area contributed by atoms with Crippen molar-refractivity contribution in [2.45, 2.75) is 64.2 Å². The highest BCUT2D eigenvalue weighted by Gasteiger charge is 2.26. The molecule has 0 radical (unpaired) electrons. The van der Waals surface area contributed by atoms with Gasteiger partial charge in [0, 0.05) is 25.7 Å². The lowest BCUT2D eigenvalue weighted by atomic mass is 10.1. The number of carboxylic acids is 2. The number of aliphatic carboxylic acids is 2. The van der Waals surface area contributed by atoms with Crippen LogP contribution >= 0.6 is 0 Å². The van der Waals surface area contributed by atoms with E-state index in [-0.39, 0.29) is 30.7 Å². The number of unbranched alkanes of at least 4 members (excludes halogenated alkanes) is 5. The summed E-state index contributed by atoms with van der Waals surface area (Å²) in [7, 11) is 0. The molecule has 0 bridgehead atoms. The zero-order valence-corrected chi connectivity index (χ0v) is 12.5. The molecule has 1 fully saturated rings. The van der Waals surface area contributed by atoms with Gasteiger partial charge in [-0.1, -0.05) is 25.7 Å². The van der Waals surface area contributed by atoms with Crippen molar-refractivity contribution in [1.82, 2.24) is 5.06 Å². The largest absolute Gasteiger partial charge is 0.481 e. The molecule has 1 rings (SSSR count). The van der Waals surface area contributed by atoms with Gasteiger partial charge >= 0.3 is 11.9 Å². The van der Waals surface area contributed by atoms with E-state index >= 15 is 0 Å². The van der Waals surface area contributed by atoms with Crippen LogP contribution in [0.1, 0.15) is 64.2 Å². The Bertz CT molecular complexity index is 359. The minimum Gasteiger partial charge on any atom is -0.481 e. The van der Waals surface area contributed by atoms with E-state index in [1.165, 1.54) is 0 Å². The van der Waals surface area contributed by atoms with Crippen LogP contribution < -0.4 is 0 Å². The predicted octanol–water partition coefficient (Wildman–Crippen LogP) is 1.80. The Morgan fingerprint density at radius 2 is 1.09 bits per heavy atom. The van der Waals surface area contributed by atoms with Crippen molar-refractivity contribution in [3.63, 3.8) is 0 Å². The summed E-state index contributed by atoms with van der Waals surface area (Å²) in [6.45, 7) is 0. The summed E-state index contributed by atoms with van der Waals surface area (Å²) >= 11 is 0. The second-order valence-corrected chi connectivity index (χ2v) is 5.01. The van der Waals surface area contributed by atoms with E-state index in [1.807, 2.05) is 0 Å². The van der Waals surface area contributed by atoms with E-state index in [2.05, 4.69) is 0 Å². The first kappa shape index (κ1) is 20.0. The summed E-state index contributed by atoms with van der Waals surface area (Å²) in [5.74, 6) is -2.49. The minimum absolute atomic E-state index is 0.148. The summed E-state index contributed by atoms with van der Waals surface area (Å²) in [5, 5.41) is 25.3. The third kappa shape index (κ3) is 10.8. The molecule has 0 aromatic carbocycles. The molecule has 0 aromatic rings. The lowest BCUT2D eigenvalue weighted by Gasteiger charge is -1.98. The topological polar surface area (TPSA) is 132 Å². The lowest BCUT2D eigenvalue weighted by molar-refractivity contribution is -0.171. The van der Waals surface area contributed by atoms with E-state index in [9.17, 15) is 19.2 Å². The van der Waals surface area contributed by atoms with E-state index in [0.29, 0.717) is 0 Å². The summed E-state index contributed by atoms with van der Waals surface area (Å²) in [5.41, 5.74) is 0. The van der Waals surface area contributed by atoms with E-state index in [1.54, 1.807) is 0 Å². The molecule has 1 aliphatic rings. The lowest BCUT2D eigenvalue weighted by Crippen LogP contribution is -2.24. The van der Waals surface area contributed by atoms with Crippen molar-refractivity contribution < 1.29 is 34.6 Å². The molecule has 8 heteroatoms. The summed E-state index contributed by atoms with van der Waals surface area (Å²) < 4.78 is 0. The van der Waals surface area contributed by atoms with Crippen molar-refractivity contribution in [3.8, 4) is 0 Å². The molecule has 2 amide bonds. The Morgan fingerprint density at radius 3 is 1.32 bits per heavy atom. The van der Waals surface area contributed by atoms with Gasteiger partial charge in [0.2, 0.25) is 0 Å². The van der Waals surface area contributed by atoms with Crippen molar-refractivity contribution >= 4 is 23.8 Å². The van der Waals surface area contributed by atoms with Gasteiger partial charge in [-0.05, 0) is 12.8 Å². The molecule has 1 heterocycles. The van der Waals surface area contributed by atoms with Gasteiger partial charge in [-0.25, -0.2) is 0 Å². The van der Waals surface area contributed by atoms with E-state index in [4.69, 9.17) is 15.4 Å². The second kappa shape index (κ2) is 11.7. The highest BCUT2D eigenvalue weighted by Crippen LogP contribution is 2.08. The Kier molecular flexibility index (Phi) is 10.6. The van der Waals surface area contributed by atoms with Gasteiger partial charge in [0.1, 0.15) is 0 Å². The summed E-state index contributed by atoms with van der Waals surface area (Å²) in [6.07, 6.45) is 6.12. The minimum atomic E-state index is -0.740. The Balaban J connectivity index is 0.000000461. The second-order valence-electron chi connectivity index (χ2n) is 5.01. The number of rotatable bonds is 9. The average molecular weight is 317 g/mol. The molecule has 22 heavy (non-hydrogen) atoms. The third-order valence-corrected chi connectivity index (χ3v) is 3.06. The first-order valence-electron chi connectivity index (χ1n) is 7.33. The quantitative estimate of drug-likeness (QED) is 0.335. The van der Waals surface area contributed by atoms with Crippen LogP contribution in [-0.4, -0.2) is 44.2 Å². The molecule has 3 N–H and O–H groups in total. The number of carbonyl (C=O) groups excluding carboxylic acids is 2. The van der Waals surface area contributed by atoms with Crippen molar-refractivity contribution in [1.29, 1.82) is 0 Å². The fourth-order valence-corrected chi connectivity index (χ4v) is 1.82. The molecule has 0 atom stereocenters. The molecular formula is C14H23NO7. The molecule has 0 saturated carbocycles. The van der Waals surface area contributed by atoms with E-state index in [0.717, 1.165) is 38.5 Å². The maximum atomic E-state index is 10.2. The molecule has 126 valence electrons. The molecule has 1 saturated heterocycles. The fourth-order valence-electron chi connectivity index (χ4n) is 1.82. The zero-order chi connectivity index (χ0) is 17.0. The number of hydrogen-bond donors (Lipinski definition) is 3. The van der Waals surface area contributed by atoms with Gasteiger partial charge in [-0.2, -0.15) is 5.06 Å². The smallest absolute Gasteiger partial charge is 0.303 e. The van der Waals surface area contributed by atoms with Gasteiger partial charge in [0.15, 0.2) is 0 Å². The number of amides is 2. The molecule has 8 nitrogen and oxygen atoms in total. The molecule has 1 aliphatic heterocycles. The predicted molar refractivity (Wildman–Crippen MR) is 75.1 cm³/mol. The number of carbonyl (C=O) groups is 4. The number of nitrogens with zero attached hydrogens (tertiary/aromatic N) is 1. The Morgan fingerprint density at radius 1 is 0.773 bits per heavy atom. The SMILES string of the molecule is O=C(O)CCCCCCCCC(=O)O.O=C1CCC(=O)N1O. The van der Waals surface area contributed by atoms with Gasteiger partial charge in [0.25, 0.3) is 11.8 Å². The Labute approximate surface area is 128 Å². The maximum Gasteiger partial charge on any atom is 0.303 e. The first-order chi connectivity index (χ1) is 10.3. The zero-order valence-electron chi connectivity index (χ0n) is 12.5. The van der Waals surface area contributed by atoms with Crippen LogP contribution in [0.4, 0.5) is 0 Å². The Hall–Kier alpha value is -1.96. The van der Waals surface area contributed by atoms with Crippen LogP contribution in [0.15, 0.2) is 0 Å². The van der Waals surface area contributed by atoms with Gasteiger partial charge in [-0.3, -0.25) is 24.4 Å². The van der Waals surface area contributed by atoms with Gasteiger partial charge in [-0.15, -0.1) is 0 Å². The highest BCUT2D eigenvalue weighted by molar-refractivity contribution is 6.00. The molecule has 0 aliphatic carbocycles. The molecule has 0 aromatic heterocycles. The monoisotopic (exact) mass is 317 g/mol. The van der Waals surface area contributed by atoms with Gasteiger partial charge in [0.05, 0.1) is 0 Å². The summed E-state index contributed by atoms with van der Waals surface area (Å²) in [4.78, 5) is 40.8. The maximum absolute atomic E-state index is 10.2. The van der Waals surface area contributed by atoms with Crippen LogP contribution in [0.25, 0.3) is 0 Å². The van der Waals surface area contributed by atoms with Crippen molar-refractivity contribution in [2.75, 3.05) is 0 Å². The number of hydrogen-bond acceptors (Lipinski definition) is 5. The first-order valence-corrected chi connectivity index (χ1v) is 7.33. The van der Waals surface area contributed by atoms with E-state index < -0.39 is 23.8 Å². The molecule has 0 unspecified atom stereocenters. The van der Waals surface area contributed by atoms with Crippen LogP contribution in [0.5, 0.6) is 0 Å².